The van der Waals surface area contributed by atoms with Crippen LogP contribution in [0.4, 0.5) is 17.1 Å². The molecule has 66 heavy (non-hydrogen) atoms. The fraction of sp³-hybridized carbons (Fsp3) is 0.333. The monoisotopic (exact) mass is 881 g/mol. The van der Waals surface area contributed by atoms with Gasteiger partial charge in [-0.25, -0.2) is 4.79 Å². The van der Waals surface area contributed by atoms with E-state index in [0.717, 1.165) is 49.5 Å². The normalized spacial score (nSPS) is 19.0. The Bertz CT molecular complexity index is 2900. The van der Waals surface area contributed by atoms with Crippen LogP contribution in [0.15, 0.2) is 144 Å². The Kier molecular flexibility index (Phi) is 12.3. The summed E-state index contributed by atoms with van der Waals surface area (Å²) < 4.78 is 9.49. The van der Waals surface area contributed by atoms with Crippen molar-refractivity contribution < 1.29 is 28.5 Å². The summed E-state index contributed by atoms with van der Waals surface area (Å²) in [6.45, 7) is 16.3. The highest BCUT2D eigenvalue weighted by Crippen LogP contribution is 2.51. The number of ether oxygens (including phenoxy) is 1. The number of allylic oxidation sites excluding steroid dienone is 7. The summed E-state index contributed by atoms with van der Waals surface area (Å²) in [4.78, 5) is 43.3. The van der Waals surface area contributed by atoms with Crippen LogP contribution in [-0.4, -0.2) is 52.8 Å². The van der Waals surface area contributed by atoms with Crippen molar-refractivity contribution in [2.75, 3.05) is 29.9 Å². The van der Waals surface area contributed by atoms with Crippen LogP contribution in [0, 0.1) is 0 Å². The molecule has 1 fully saturated rings. The number of benzene rings is 5. The molecule has 0 bridgehead atoms. The first-order chi connectivity index (χ1) is 31.9. The average molecular weight is 882 g/mol. The zero-order valence-corrected chi connectivity index (χ0v) is 39.2. The summed E-state index contributed by atoms with van der Waals surface area (Å²) in [6.07, 6.45) is 13.7. The van der Waals surface area contributed by atoms with Crippen molar-refractivity contribution in [3.8, 4) is 5.75 Å². The lowest BCUT2D eigenvalue weighted by Crippen LogP contribution is -2.31. The van der Waals surface area contributed by atoms with Crippen molar-refractivity contribution in [1.29, 1.82) is 0 Å². The first-order valence-corrected chi connectivity index (χ1v) is 23.8. The second-order valence-electron chi connectivity index (χ2n) is 18.8. The number of rotatable bonds is 14. The minimum absolute atomic E-state index is 0.0827. The Labute approximate surface area is 388 Å². The summed E-state index contributed by atoms with van der Waals surface area (Å²) in [5.74, 6) is 0.160. The number of likely N-dealkylation sites (N-methyl/N-ethyl adjacent to an activating group) is 1. The molecule has 5 aromatic rings. The van der Waals surface area contributed by atoms with Crippen LogP contribution < -0.4 is 15.0 Å². The van der Waals surface area contributed by atoms with E-state index in [1.54, 1.807) is 0 Å². The molecule has 9 rings (SSSR count). The van der Waals surface area contributed by atoms with Gasteiger partial charge < -0.3 is 19.8 Å². The number of hydroxylamine groups is 2. The fourth-order valence-electron chi connectivity index (χ4n) is 10.7. The van der Waals surface area contributed by atoms with Crippen molar-refractivity contribution in [1.82, 2.24) is 5.06 Å². The van der Waals surface area contributed by atoms with Gasteiger partial charge in [-0.2, -0.15) is 4.58 Å². The molecule has 0 unspecified atom stereocenters. The maximum Gasteiger partial charge on any atom is 0.333 e. The highest BCUT2D eigenvalue weighted by Gasteiger charge is 2.45. The number of unbranched alkanes of at least 4 members (excludes halogenated alkanes) is 1. The Morgan fingerprint density at radius 1 is 0.742 bits per heavy atom. The van der Waals surface area contributed by atoms with Gasteiger partial charge in [-0.1, -0.05) is 74.5 Å². The van der Waals surface area contributed by atoms with E-state index >= 15 is 0 Å². The van der Waals surface area contributed by atoms with Gasteiger partial charge in [0, 0.05) is 72.5 Å². The number of fused-ring (bicyclic) bond motifs is 6. The van der Waals surface area contributed by atoms with Gasteiger partial charge in [0.25, 0.3) is 11.8 Å². The molecule has 4 aliphatic rings. The topological polar surface area (TPSA) is 91.2 Å². The van der Waals surface area contributed by atoms with Crippen LogP contribution in [0.3, 0.4) is 0 Å². The van der Waals surface area contributed by atoms with E-state index in [1.165, 1.54) is 66.6 Å². The fourth-order valence-corrected chi connectivity index (χ4v) is 10.7. The first-order valence-electron chi connectivity index (χ1n) is 23.8. The van der Waals surface area contributed by atoms with Crippen molar-refractivity contribution in [3.63, 3.8) is 0 Å². The van der Waals surface area contributed by atoms with Crippen LogP contribution >= 0.6 is 0 Å². The van der Waals surface area contributed by atoms with Gasteiger partial charge in [-0.15, -0.1) is 5.06 Å². The third-order valence-electron chi connectivity index (χ3n) is 13.9. The maximum absolute atomic E-state index is 12.3. The number of hydrogen-bond acceptors (Lipinski definition) is 7. The van der Waals surface area contributed by atoms with Gasteiger partial charge in [-0.3, -0.25) is 9.59 Å². The number of nitrogens with one attached hydrogen (secondary N) is 1. The maximum atomic E-state index is 12.3. The number of anilines is 2. The van der Waals surface area contributed by atoms with E-state index in [1.807, 2.05) is 24.3 Å². The Morgan fingerprint density at radius 3 is 2.12 bits per heavy atom. The number of carbonyl (C=O) groups is 3. The summed E-state index contributed by atoms with van der Waals surface area (Å²) in [6, 6.07) is 34.6. The predicted octanol–water partition coefficient (Wildman–Crippen LogP) is 12.3. The second kappa shape index (κ2) is 18.3. The molecule has 5 aromatic carbocycles. The lowest BCUT2D eigenvalue weighted by Gasteiger charge is -2.27. The molecule has 3 heterocycles. The minimum atomic E-state index is -0.573. The SMILES string of the molecule is CCN1/C(=C\C=C2/CCCC(/C=C/C3=[N+](CC)c4ccc5ccccc5c4C3(C)C)=C2Oc2ccc(NCCCCC(=O)ON3C(=O)CCC3=O)cc2)C(C)(C)c2c1ccc1ccccc21. The number of hydrogen-bond donors (Lipinski definition) is 1. The molecule has 3 aliphatic heterocycles. The minimum Gasteiger partial charge on any atom is -0.457 e. The quantitative estimate of drug-likeness (QED) is 0.0675. The molecular weight excluding hydrogens is 821 g/mol. The van der Waals surface area contributed by atoms with Gasteiger partial charge in [-0.05, 0) is 147 Å². The highest BCUT2D eigenvalue weighted by molar-refractivity contribution is 6.08. The molecular formula is C57H61N4O5+. The molecule has 1 aliphatic carbocycles. The van der Waals surface area contributed by atoms with Crippen molar-refractivity contribution in [3.05, 3.63) is 155 Å². The van der Waals surface area contributed by atoms with E-state index < -0.39 is 17.8 Å². The smallest absolute Gasteiger partial charge is 0.333 e. The highest BCUT2D eigenvalue weighted by atomic mass is 16.7. The Balaban J connectivity index is 0.999. The molecule has 0 radical (unpaired) electrons. The third-order valence-corrected chi connectivity index (χ3v) is 13.9. The van der Waals surface area contributed by atoms with Gasteiger partial charge in [0.2, 0.25) is 5.69 Å². The summed E-state index contributed by atoms with van der Waals surface area (Å²) in [5.41, 5.74) is 10.7. The van der Waals surface area contributed by atoms with E-state index in [0.29, 0.717) is 24.4 Å². The van der Waals surface area contributed by atoms with Crippen molar-refractivity contribution in [2.45, 2.75) is 104 Å². The third kappa shape index (κ3) is 8.25. The van der Waals surface area contributed by atoms with E-state index in [9.17, 15) is 14.4 Å². The standard InChI is InChI=1S/C57H61N4O5/c1-7-59-46-31-23-38-16-9-11-20-44(38)53(46)56(3,4)48(59)33-25-40-18-15-19-41(26-34-49-57(5,6)54-45-21-12-10-17-39(45)24-32-47(54)60(49)8-2)55(40)65-43-29-27-42(28-30-43)58-37-14-13-22-52(64)66-61-50(62)35-36-51(61)63/h9-12,16-17,20-21,23-34,58H,7-8,13-15,18-19,22,35-37H2,1-6H3/q+1. The molecule has 338 valence electrons. The van der Waals surface area contributed by atoms with Crippen LogP contribution in [0.1, 0.15) is 104 Å². The number of carbonyl (C=O) groups excluding carboxylic acids is 3. The molecule has 0 atom stereocenters. The summed E-state index contributed by atoms with van der Waals surface area (Å²) in [7, 11) is 0. The molecule has 0 aromatic heterocycles. The molecule has 2 amide bonds. The van der Waals surface area contributed by atoms with E-state index in [2.05, 4.69) is 153 Å². The van der Waals surface area contributed by atoms with Crippen LogP contribution in [0.25, 0.3) is 21.5 Å². The van der Waals surface area contributed by atoms with Gasteiger partial charge >= 0.3 is 5.97 Å². The average Bonchev–Trinajstić information content (AvgIpc) is 3.85. The van der Waals surface area contributed by atoms with Crippen molar-refractivity contribution in [2.24, 2.45) is 0 Å². The predicted molar refractivity (Wildman–Crippen MR) is 265 cm³/mol. The first kappa shape index (κ1) is 44.5. The molecule has 1 N–H and O–H groups in total. The van der Waals surface area contributed by atoms with Gasteiger partial charge in [0.15, 0.2) is 5.71 Å². The molecule has 1 saturated heterocycles. The van der Waals surface area contributed by atoms with Crippen LogP contribution in [0.5, 0.6) is 5.75 Å². The van der Waals surface area contributed by atoms with E-state index in [-0.39, 0.29) is 30.1 Å². The Morgan fingerprint density at radius 2 is 1.42 bits per heavy atom. The van der Waals surface area contributed by atoms with Crippen LogP contribution in [0.2, 0.25) is 0 Å². The lowest BCUT2D eigenvalue weighted by atomic mass is 9.78. The molecule has 0 saturated carbocycles. The Hall–Kier alpha value is -6.74. The number of amides is 2. The van der Waals surface area contributed by atoms with Crippen LogP contribution in [-0.2, 0) is 30.1 Å². The molecule has 9 nitrogen and oxygen atoms in total. The second-order valence-corrected chi connectivity index (χ2v) is 18.8. The molecule has 9 heteroatoms. The number of imide groups is 1. The molecule has 0 spiro atoms. The zero-order valence-electron chi connectivity index (χ0n) is 39.2. The largest absolute Gasteiger partial charge is 0.457 e. The van der Waals surface area contributed by atoms with Gasteiger partial charge in [0.1, 0.15) is 18.1 Å². The zero-order chi connectivity index (χ0) is 46.2. The van der Waals surface area contributed by atoms with Gasteiger partial charge in [0.05, 0.1) is 5.41 Å². The summed E-state index contributed by atoms with van der Waals surface area (Å²) >= 11 is 0. The van der Waals surface area contributed by atoms with E-state index in [4.69, 9.17) is 9.57 Å². The summed E-state index contributed by atoms with van der Waals surface area (Å²) in [5, 5.41) is 9.19. The number of nitrogens with zero attached hydrogens (tertiary/aromatic N) is 3. The lowest BCUT2D eigenvalue weighted by molar-refractivity contribution is -0.433. The van der Waals surface area contributed by atoms with Crippen molar-refractivity contribution >= 4 is 62.1 Å².